The monoisotopic (exact) mass is 198 g/mol. The topological polar surface area (TPSA) is 35.5 Å². The molecule has 0 aromatic heterocycles. The van der Waals surface area contributed by atoms with Gasteiger partial charge in [-0.3, -0.25) is 0 Å². The van der Waals surface area contributed by atoms with Gasteiger partial charge in [0.15, 0.2) is 5.79 Å². The largest absolute Gasteiger partial charge is 0.347 e. The number of Topliss-reactive ketones (excluding diaryl/α,β-unsaturated/α-hetero) is 1. The number of carbonyl (C=O) groups is 1. The summed E-state index contributed by atoms with van der Waals surface area (Å²) in [6, 6.07) is 0. The van der Waals surface area contributed by atoms with E-state index in [9.17, 15) is 4.79 Å². The van der Waals surface area contributed by atoms with E-state index in [-0.39, 0.29) is 11.6 Å². The van der Waals surface area contributed by atoms with Crippen LogP contribution in [0.1, 0.15) is 39.0 Å². The summed E-state index contributed by atoms with van der Waals surface area (Å²) in [7, 11) is 0. The zero-order valence-electron chi connectivity index (χ0n) is 8.75. The van der Waals surface area contributed by atoms with Crippen LogP contribution in [0.4, 0.5) is 0 Å². The maximum absolute atomic E-state index is 10.9. The van der Waals surface area contributed by atoms with E-state index in [0.29, 0.717) is 12.3 Å². The van der Waals surface area contributed by atoms with Gasteiger partial charge in [-0.05, 0) is 26.2 Å². The van der Waals surface area contributed by atoms with Crippen LogP contribution in [-0.2, 0) is 14.3 Å². The van der Waals surface area contributed by atoms with E-state index < -0.39 is 0 Å². The Kier molecular flexibility index (Phi) is 2.88. The van der Waals surface area contributed by atoms with E-state index >= 15 is 0 Å². The Labute approximate surface area is 84.8 Å². The molecule has 1 saturated carbocycles. The van der Waals surface area contributed by atoms with Crippen molar-refractivity contribution in [1.29, 1.82) is 0 Å². The first-order chi connectivity index (χ1) is 6.73. The molecule has 1 atom stereocenters. The van der Waals surface area contributed by atoms with Crippen molar-refractivity contribution >= 4 is 5.78 Å². The molecule has 0 N–H and O–H groups in total. The van der Waals surface area contributed by atoms with Crippen LogP contribution in [0.15, 0.2) is 0 Å². The molecular weight excluding hydrogens is 180 g/mol. The molecule has 2 aliphatic rings. The Hall–Kier alpha value is -0.410. The molecule has 14 heavy (non-hydrogen) atoms. The summed E-state index contributed by atoms with van der Waals surface area (Å²) in [4.78, 5) is 10.9. The Bertz CT molecular complexity index is 213. The molecule has 3 nitrogen and oxygen atoms in total. The van der Waals surface area contributed by atoms with Crippen molar-refractivity contribution in [2.24, 2.45) is 5.92 Å². The highest BCUT2D eigenvalue weighted by Gasteiger charge is 2.47. The second-order valence-electron chi connectivity index (χ2n) is 4.34. The smallest absolute Gasteiger partial charge is 0.171 e. The molecule has 0 aromatic carbocycles. The van der Waals surface area contributed by atoms with Gasteiger partial charge in [0, 0.05) is 18.8 Å². The van der Waals surface area contributed by atoms with E-state index in [1.807, 2.05) is 0 Å². The van der Waals surface area contributed by atoms with Gasteiger partial charge in [-0.25, -0.2) is 0 Å². The third kappa shape index (κ3) is 1.84. The van der Waals surface area contributed by atoms with Crippen LogP contribution >= 0.6 is 0 Å². The molecule has 1 saturated heterocycles. The van der Waals surface area contributed by atoms with Crippen LogP contribution in [0.5, 0.6) is 0 Å². The number of hydrogen-bond donors (Lipinski definition) is 0. The summed E-state index contributed by atoms with van der Waals surface area (Å²) in [6.07, 6.45) is 4.92. The van der Waals surface area contributed by atoms with Crippen LogP contribution in [0.3, 0.4) is 0 Å². The van der Waals surface area contributed by atoms with Crippen molar-refractivity contribution in [3.05, 3.63) is 0 Å². The van der Waals surface area contributed by atoms with E-state index in [2.05, 4.69) is 0 Å². The van der Waals surface area contributed by atoms with Crippen LogP contribution in [0.2, 0.25) is 0 Å². The summed E-state index contributed by atoms with van der Waals surface area (Å²) < 4.78 is 11.4. The average Bonchev–Trinajstić information content (AvgIpc) is 2.74. The van der Waals surface area contributed by atoms with Gasteiger partial charge in [-0.2, -0.15) is 0 Å². The van der Waals surface area contributed by atoms with Gasteiger partial charge in [0.25, 0.3) is 0 Å². The molecule has 1 aliphatic carbocycles. The highest BCUT2D eigenvalue weighted by atomic mass is 16.7. The molecule has 0 amide bonds. The number of ketones is 1. The first kappa shape index (κ1) is 10.1. The third-order valence-electron chi connectivity index (χ3n) is 3.32. The lowest BCUT2D eigenvalue weighted by atomic mass is 9.95. The first-order valence-electron chi connectivity index (χ1n) is 5.50. The highest BCUT2D eigenvalue weighted by Crippen LogP contribution is 2.44. The quantitative estimate of drug-likeness (QED) is 0.694. The Morgan fingerprint density at radius 2 is 2.14 bits per heavy atom. The minimum Gasteiger partial charge on any atom is -0.347 e. The zero-order valence-corrected chi connectivity index (χ0v) is 8.75. The molecule has 1 heterocycles. The van der Waals surface area contributed by atoms with Crippen molar-refractivity contribution in [3.63, 3.8) is 0 Å². The molecule has 80 valence electrons. The highest BCUT2D eigenvalue weighted by molar-refractivity contribution is 5.75. The SMILES string of the molecule is CC(=O)CCC1CCCC12OCCO2. The van der Waals surface area contributed by atoms with E-state index in [4.69, 9.17) is 9.47 Å². The van der Waals surface area contributed by atoms with Gasteiger partial charge >= 0.3 is 0 Å². The molecular formula is C11H18O3. The Morgan fingerprint density at radius 1 is 1.43 bits per heavy atom. The number of carbonyl (C=O) groups excluding carboxylic acids is 1. The van der Waals surface area contributed by atoms with Crippen molar-refractivity contribution in [3.8, 4) is 0 Å². The molecule has 1 spiro atoms. The maximum Gasteiger partial charge on any atom is 0.171 e. The standard InChI is InChI=1S/C11H18O3/c1-9(12)4-5-10-3-2-6-11(10)13-7-8-14-11/h10H,2-8H2,1H3. The minimum absolute atomic E-state index is 0.269. The third-order valence-corrected chi connectivity index (χ3v) is 3.32. The lowest BCUT2D eigenvalue weighted by Crippen LogP contribution is -2.34. The van der Waals surface area contributed by atoms with Crippen molar-refractivity contribution in [2.75, 3.05) is 13.2 Å². The summed E-state index contributed by atoms with van der Waals surface area (Å²) in [6.45, 7) is 3.09. The Balaban J connectivity index is 1.93. The number of rotatable bonds is 3. The fourth-order valence-corrected chi connectivity index (χ4v) is 2.61. The van der Waals surface area contributed by atoms with E-state index in [1.165, 1.54) is 6.42 Å². The van der Waals surface area contributed by atoms with Crippen LogP contribution in [-0.4, -0.2) is 24.8 Å². The first-order valence-corrected chi connectivity index (χ1v) is 5.50. The zero-order chi connectivity index (χ0) is 10.0. The van der Waals surface area contributed by atoms with Crippen LogP contribution < -0.4 is 0 Å². The fourth-order valence-electron chi connectivity index (χ4n) is 2.61. The predicted octanol–water partition coefficient (Wildman–Crippen LogP) is 1.90. The second kappa shape index (κ2) is 3.99. The van der Waals surface area contributed by atoms with Crippen molar-refractivity contribution in [2.45, 2.75) is 44.8 Å². The summed E-state index contributed by atoms with van der Waals surface area (Å²) in [5.41, 5.74) is 0. The average molecular weight is 198 g/mol. The van der Waals surface area contributed by atoms with Gasteiger partial charge < -0.3 is 14.3 Å². The van der Waals surface area contributed by atoms with Crippen molar-refractivity contribution < 1.29 is 14.3 Å². The normalized spacial score (nSPS) is 29.9. The lowest BCUT2D eigenvalue weighted by Gasteiger charge is -2.29. The maximum atomic E-state index is 10.9. The lowest BCUT2D eigenvalue weighted by molar-refractivity contribution is -0.182. The van der Waals surface area contributed by atoms with Crippen LogP contribution in [0.25, 0.3) is 0 Å². The van der Waals surface area contributed by atoms with Gasteiger partial charge in [0.05, 0.1) is 13.2 Å². The summed E-state index contributed by atoms with van der Waals surface area (Å²) in [5, 5.41) is 0. The second-order valence-corrected chi connectivity index (χ2v) is 4.34. The molecule has 2 rings (SSSR count). The molecule has 2 fully saturated rings. The minimum atomic E-state index is -0.310. The van der Waals surface area contributed by atoms with Gasteiger partial charge in [0.2, 0.25) is 0 Å². The van der Waals surface area contributed by atoms with Gasteiger partial charge in [-0.1, -0.05) is 0 Å². The number of ether oxygens (including phenoxy) is 2. The molecule has 0 bridgehead atoms. The molecule has 0 radical (unpaired) electrons. The molecule has 1 aliphatic heterocycles. The van der Waals surface area contributed by atoms with Gasteiger partial charge in [0.1, 0.15) is 5.78 Å². The molecule has 3 heteroatoms. The van der Waals surface area contributed by atoms with E-state index in [1.54, 1.807) is 6.92 Å². The van der Waals surface area contributed by atoms with Crippen LogP contribution in [0, 0.1) is 5.92 Å². The molecule has 0 aromatic rings. The summed E-state index contributed by atoms with van der Waals surface area (Å²) >= 11 is 0. The Morgan fingerprint density at radius 3 is 2.79 bits per heavy atom. The summed E-state index contributed by atoms with van der Waals surface area (Å²) in [5.74, 6) is 0.397. The number of hydrogen-bond acceptors (Lipinski definition) is 3. The molecule has 1 unspecified atom stereocenters. The van der Waals surface area contributed by atoms with Gasteiger partial charge in [-0.15, -0.1) is 0 Å². The van der Waals surface area contributed by atoms with Crippen molar-refractivity contribution in [1.82, 2.24) is 0 Å². The fraction of sp³-hybridized carbons (Fsp3) is 0.909. The van der Waals surface area contributed by atoms with E-state index in [0.717, 1.165) is 32.5 Å². The predicted molar refractivity (Wildman–Crippen MR) is 51.9 cm³/mol.